The van der Waals surface area contributed by atoms with Crippen LogP contribution in [0.2, 0.25) is 19.1 Å². The molecule has 0 saturated heterocycles. The Morgan fingerprint density at radius 1 is 0.840 bits per heavy atom. The van der Waals surface area contributed by atoms with Gasteiger partial charge in [-0.2, -0.15) is 24.9 Å². The van der Waals surface area contributed by atoms with Crippen LogP contribution in [0.1, 0.15) is 77.6 Å². The zero-order chi connectivity index (χ0) is 19.0. The summed E-state index contributed by atoms with van der Waals surface area (Å²) in [7, 11) is -2.00. The van der Waals surface area contributed by atoms with Gasteiger partial charge < -0.3 is 0 Å². The highest BCUT2D eigenvalue weighted by molar-refractivity contribution is 7.99. The van der Waals surface area contributed by atoms with E-state index in [4.69, 9.17) is 0 Å². The van der Waals surface area contributed by atoms with Gasteiger partial charge in [-0.25, -0.2) is 0 Å². The second-order valence-corrected chi connectivity index (χ2v) is 13.3. The number of alkyl halides is 3. The number of halogens is 3. The molecule has 0 aromatic heterocycles. The van der Waals surface area contributed by atoms with Gasteiger partial charge in [-0.1, -0.05) is 65.0 Å². The SMILES string of the molecule is CCSCCCCCCCCCCCC#C[Si](C)(C)CCC(F)(F)F. The van der Waals surface area contributed by atoms with Crippen LogP contribution < -0.4 is 0 Å². The molecule has 0 heterocycles. The summed E-state index contributed by atoms with van der Waals surface area (Å²) in [5.41, 5.74) is 3.16. The Morgan fingerprint density at radius 3 is 1.88 bits per heavy atom. The van der Waals surface area contributed by atoms with E-state index >= 15 is 0 Å². The number of unbranched alkanes of at least 4 members (excludes halogenated alkanes) is 9. The van der Waals surface area contributed by atoms with Crippen molar-refractivity contribution in [1.82, 2.24) is 0 Å². The van der Waals surface area contributed by atoms with Crippen LogP contribution >= 0.6 is 11.8 Å². The fourth-order valence-electron chi connectivity index (χ4n) is 2.62. The minimum absolute atomic E-state index is 0.223. The predicted octanol–water partition coefficient (Wildman–Crippen LogP) is 7.84. The van der Waals surface area contributed by atoms with Crippen LogP contribution in [0.3, 0.4) is 0 Å². The highest BCUT2D eigenvalue weighted by Gasteiger charge is 2.31. The minimum atomic E-state index is -4.04. The molecule has 0 aliphatic carbocycles. The topological polar surface area (TPSA) is 0 Å². The monoisotopic (exact) mass is 394 g/mol. The van der Waals surface area contributed by atoms with Crippen molar-refractivity contribution in [2.45, 2.75) is 103 Å². The highest BCUT2D eigenvalue weighted by atomic mass is 32.2. The first-order valence-electron chi connectivity index (χ1n) is 9.91. The van der Waals surface area contributed by atoms with E-state index in [1.54, 1.807) is 0 Å². The van der Waals surface area contributed by atoms with Crippen molar-refractivity contribution < 1.29 is 13.2 Å². The molecule has 0 saturated carbocycles. The third-order valence-corrected chi connectivity index (χ3v) is 7.59. The molecule has 0 rings (SSSR count). The standard InChI is InChI=1S/C20H37F3SSi/c1-4-24-17-14-12-10-8-6-5-7-9-11-13-15-18-25(2,3)19-16-20(21,22)23/h4-14,16-17,19H2,1-3H3. The van der Waals surface area contributed by atoms with Gasteiger partial charge in [0, 0.05) is 12.8 Å². The molecule has 0 atom stereocenters. The summed E-state index contributed by atoms with van der Waals surface area (Å²) in [5, 5.41) is 0. The van der Waals surface area contributed by atoms with E-state index in [0.717, 1.165) is 12.8 Å². The van der Waals surface area contributed by atoms with E-state index in [-0.39, 0.29) is 6.04 Å². The lowest BCUT2D eigenvalue weighted by molar-refractivity contribution is -0.130. The molecule has 0 aliphatic rings. The zero-order valence-electron chi connectivity index (χ0n) is 16.4. The lowest BCUT2D eigenvalue weighted by Crippen LogP contribution is -2.26. The molecule has 0 aromatic carbocycles. The second kappa shape index (κ2) is 15.0. The molecule has 0 spiro atoms. The molecule has 0 unspecified atom stereocenters. The molecule has 148 valence electrons. The first kappa shape index (κ1) is 24.9. The van der Waals surface area contributed by atoms with Crippen LogP contribution in [0, 0.1) is 11.5 Å². The lowest BCUT2D eigenvalue weighted by Gasteiger charge is -2.15. The van der Waals surface area contributed by atoms with Crippen LogP contribution in [0.15, 0.2) is 0 Å². The summed E-state index contributed by atoms with van der Waals surface area (Å²) >= 11 is 2.04. The summed E-state index contributed by atoms with van der Waals surface area (Å²) in [6.45, 7) is 6.09. The van der Waals surface area contributed by atoms with E-state index in [2.05, 4.69) is 18.4 Å². The van der Waals surface area contributed by atoms with Crippen LogP contribution in [0.25, 0.3) is 0 Å². The number of thioether (sulfide) groups is 1. The molecule has 0 nitrogen and oxygen atoms in total. The fourth-order valence-corrected chi connectivity index (χ4v) is 4.95. The first-order chi connectivity index (χ1) is 11.8. The van der Waals surface area contributed by atoms with Crippen molar-refractivity contribution in [2.75, 3.05) is 11.5 Å². The Morgan fingerprint density at radius 2 is 1.36 bits per heavy atom. The molecule has 0 bridgehead atoms. The average Bonchev–Trinajstić information content (AvgIpc) is 2.53. The van der Waals surface area contributed by atoms with Gasteiger partial charge in [0.05, 0.1) is 0 Å². The van der Waals surface area contributed by atoms with E-state index in [9.17, 15) is 13.2 Å². The molecule has 25 heavy (non-hydrogen) atoms. The van der Waals surface area contributed by atoms with Gasteiger partial charge in [0.2, 0.25) is 0 Å². The van der Waals surface area contributed by atoms with E-state index < -0.39 is 20.7 Å². The normalized spacial score (nSPS) is 12.1. The summed E-state index contributed by atoms with van der Waals surface area (Å²) in [5.74, 6) is 5.69. The van der Waals surface area contributed by atoms with Crippen molar-refractivity contribution in [2.24, 2.45) is 0 Å². The van der Waals surface area contributed by atoms with Crippen molar-refractivity contribution in [1.29, 1.82) is 0 Å². The maximum atomic E-state index is 12.3. The van der Waals surface area contributed by atoms with E-state index in [1.807, 2.05) is 24.9 Å². The van der Waals surface area contributed by atoms with Crippen molar-refractivity contribution in [3.05, 3.63) is 0 Å². The second-order valence-electron chi connectivity index (χ2n) is 7.43. The Bertz CT molecular complexity index is 369. The van der Waals surface area contributed by atoms with Gasteiger partial charge >= 0.3 is 6.18 Å². The average molecular weight is 395 g/mol. The molecule has 0 N–H and O–H groups in total. The van der Waals surface area contributed by atoms with Crippen LogP contribution in [0.4, 0.5) is 13.2 Å². The quantitative estimate of drug-likeness (QED) is 0.164. The van der Waals surface area contributed by atoms with Gasteiger partial charge in [0.1, 0.15) is 8.07 Å². The largest absolute Gasteiger partial charge is 0.388 e. The Hall–Kier alpha value is -0.0831. The highest BCUT2D eigenvalue weighted by Crippen LogP contribution is 2.25. The molecule has 0 aromatic rings. The number of hydrogen-bond acceptors (Lipinski definition) is 1. The maximum absolute atomic E-state index is 12.3. The van der Waals surface area contributed by atoms with Gasteiger partial charge in [0.15, 0.2) is 0 Å². The van der Waals surface area contributed by atoms with Crippen molar-refractivity contribution >= 4 is 19.8 Å². The summed E-state index contributed by atoms with van der Waals surface area (Å²) in [6, 6.07) is 0.223. The molecular weight excluding hydrogens is 357 g/mol. The molecule has 0 radical (unpaired) electrons. The smallest absolute Gasteiger partial charge is 0.171 e. The first-order valence-corrected chi connectivity index (χ1v) is 14.3. The zero-order valence-corrected chi connectivity index (χ0v) is 18.3. The number of hydrogen-bond donors (Lipinski definition) is 0. The van der Waals surface area contributed by atoms with E-state index in [1.165, 1.54) is 62.9 Å². The minimum Gasteiger partial charge on any atom is -0.171 e. The van der Waals surface area contributed by atoms with Crippen LogP contribution in [-0.4, -0.2) is 25.8 Å². The maximum Gasteiger partial charge on any atom is 0.388 e. The molecule has 0 amide bonds. The van der Waals surface area contributed by atoms with Gasteiger partial charge in [0.25, 0.3) is 0 Å². The fraction of sp³-hybridized carbons (Fsp3) is 0.900. The Kier molecular flexibility index (Phi) is 15.0. The Labute approximate surface area is 159 Å². The lowest BCUT2D eigenvalue weighted by atomic mass is 10.1. The summed E-state index contributed by atoms with van der Waals surface area (Å²) in [6.07, 6.45) is 7.78. The molecule has 0 aliphatic heterocycles. The van der Waals surface area contributed by atoms with Crippen LogP contribution in [-0.2, 0) is 0 Å². The summed E-state index contributed by atoms with van der Waals surface area (Å²) in [4.78, 5) is 0. The van der Waals surface area contributed by atoms with Gasteiger partial charge in [-0.3, -0.25) is 0 Å². The molecular formula is C20H37F3SSi. The van der Waals surface area contributed by atoms with Crippen molar-refractivity contribution in [3.63, 3.8) is 0 Å². The molecule has 0 fully saturated rings. The molecule has 5 heteroatoms. The van der Waals surface area contributed by atoms with Crippen LogP contribution in [0.5, 0.6) is 0 Å². The van der Waals surface area contributed by atoms with E-state index in [0.29, 0.717) is 0 Å². The van der Waals surface area contributed by atoms with Gasteiger partial charge in [-0.15, -0.1) is 11.5 Å². The van der Waals surface area contributed by atoms with Crippen molar-refractivity contribution in [3.8, 4) is 11.5 Å². The Balaban J connectivity index is 3.46. The third-order valence-electron chi connectivity index (χ3n) is 4.25. The predicted molar refractivity (Wildman–Crippen MR) is 110 cm³/mol. The summed E-state index contributed by atoms with van der Waals surface area (Å²) < 4.78 is 36.8. The van der Waals surface area contributed by atoms with Gasteiger partial charge in [-0.05, 0) is 30.4 Å². The number of rotatable bonds is 14. The third kappa shape index (κ3) is 20.1.